The Kier molecular flexibility index (Phi) is 5.89. The molecule has 0 aromatic heterocycles. The van der Waals surface area contributed by atoms with Crippen molar-refractivity contribution in [1.29, 1.82) is 0 Å². The predicted octanol–water partition coefficient (Wildman–Crippen LogP) is 2.25. The van der Waals surface area contributed by atoms with Crippen LogP contribution in [0.25, 0.3) is 0 Å². The highest BCUT2D eigenvalue weighted by Gasteiger charge is 2.36. The van der Waals surface area contributed by atoms with Crippen LogP contribution in [0.2, 0.25) is 6.04 Å². The van der Waals surface area contributed by atoms with Gasteiger partial charge in [0.15, 0.2) is 9.28 Å². The average molecular weight is 274 g/mol. The minimum Gasteiger partial charge on any atom is -0.425 e. The summed E-state index contributed by atoms with van der Waals surface area (Å²) in [5.41, 5.74) is 0.432. The summed E-state index contributed by atoms with van der Waals surface area (Å²) < 4.78 is 8.92. The van der Waals surface area contributed by atoms with Crippen molar-refractivity contribution in [2.75, 3.05) is 6.61 Å². The fourth-order valence-electron chi connectivity index (χ4n) is 2.99. The summed E-state index contributed by atoms with van der Waals surface area (Å²) in [5.74, 6) is 0. The van der Waals surface area contributed by atoms with Crippen LogP contribution in [0.3, 0.4) is 0 Å². The van der Waals surface area contributed by atoms with Gasteiger partial charge in [0.05, 0.1) is 0 Å². The lowest BCUT2D eigenvalue weighted by atomic mass is 9.98. The van der Waals surface area contributed by atoms with Gasteiger partial charge < -0.3 is 8.99 Å². The van der Waals surface area contributed by atoms with Crippen LogP contribution in [0.5, 0.6) is 0 Å². The van der Waals surface area contributed by atoms with E-state index in [9.17, 15) is 0 Å². The fourth-order valence-corrected chi connectivity index (χ4v) is 14.2. The molecule has 1 aliphatic heterocycles. The lowest BCUT2D eigenvalue weighted by molar-refractivity contribution is 0.182. The zero-order valence-corrected chi connectivity index (χ0v) is 15.2. The van der Waals surface area contributed by atoms with Crippen molar-refractivity contribution < 1.29 is 4.43 Å². The first-order valence-electron chi connectivity index (χ1n) is 7.26. The maximum absolute atomic E-state index is 6.03. The third-order valence-electron chi connectivity index (χ3n) is 4.21. The van der Waals surface area contributed by atoms with Gasteiger partial charge in [-0.2, -0.15) is 0 Å². The number of hydrogen-bond acceptors (Lipinski definition) is 2. The highest BCUT2D eigenvalue weighted by molar-refractivity contribution is 7.08. The molecule has 4 heteroatoms. The maximum Gasteiger partial charge on any atom is 0.164 e. The second-order valence-corrected chi connectivity index (χ2v) is 13.4. The molecule has 1 saturated heterocycles. The highest BCUT2D eigenvalue weighted by atomic mass is 29.2. The summed E-state index contributed by atoms with van der Waals surface area (Å²) in [4.78, 5) is 0. The first-order valence-corrected chi connectivity index (χ1v) is 12.4. The second kappa shape index (κ2) is 6.50. The molecule has 102 valence electrons. The molecular formula is C13H31NOSi2. The zero-order valence-electron chi connectivity index (χ0n) is 12.6. The summed E-state index contributed by atoms with van der Waals surface area (Å²) in [7, 11) is -1.00. The van der Waals surface area contributed by atoms with Gasteiger partial charge in [-0.05, 0) is 36.4 Å². The van der Waals surface area contributed by atoms with Crippen molar-refractivity contribution in [1.82, 2.24) is 4.57 Å². The number of hydrogen-bond donors (Lipinski definition) is 0. The minimum atomic E-state index is -0.767. The Bertz CT molecular complexity index is 225. The van der Waals surface area contributed by atoms with Gasteiger partial charge in [-0.25, -0.2) is 0 Å². The molecule has 3 unspecified atom stereocenters. The summed E-state index contributed by atoms with van der Waals surface area (Å²) in [6, 6.07) is 2.98. The lowest BCUT2D eigenvalue weighted by Crippen LogP contribution is -2.57. The smallest absolute Gasteiger partial charge is 0.164 e. The summed E-state index contributed by atoms with van der Waals surface area (Å²) in [6.45, 7) is 15.2. The highest BCUT2D eigenvalue weighted by Crippen LogP contribution is 2.30. The molecule has 0 aromatic carbocycles. The normalized spacial score (nSPS) is 29.5. The molecule has 1 rings (SSSR count). The molecule has 0 aromatic rings. The fraction of sp³-hybridized carbons (Fsp3) is 1.00. The van der Waals surface area contributed by atoms with E-state index in [1.807, 2.05) is 0 Å². The van der Waals surface area contributed by atoms with Crippen molar-refractivity contribution in [3.8, 4) is 0 Å². The third kappa shape index (κ3) is 4.19. The quantitative estimate of drug-likeness (QED) is 0.713. The van der Waals surface area contributed by atoms with Crippen LogP contribution in [0.15, 0.2) is 0 Å². The van der Waals surface area contributed by atoms with Crippen LogP contribution < -0.4 is 0 Å². The third-order valence-corrected chi connectivity index (χ3v) is 12.5. The minimum absolute atomic E-state index is 0.233. The summed E-state index contributed by atoms with van der Waals surface area (Å²) in [6.07, 6.45) is 2.56. The molecule has 0 aliphatic carbocycles. The molecule has 0 radical (unpaired) electrons. The Morgan fingerprint density at radius 1 is 1.24 bits per heavy atom. The van der Waals surface area contributed by atoms with E-state index in [-0.39, 0.29) is 9.28 Å². The summed E-state index contributed by atoms with van der Waals surface area (Å²) in [5, 5.41) is 0. The van der Waals surface area contributed by atoms with Crippen molar-refractivity contribution in [2.24, 2.45) is 5.41 Å². The van der Waals surface area contributed by atoms with E-state index >= 15 is 0 Å². The maximum atomic E-state index is 6.03. The Morgan fingerprint density at radius 3 is 2.18 bits per heavy atom. The molecule has 1 heterocycles. The van der Waals surface area contributed by atoms with Crippen LogP contribution in [0.1, 0.15) is 54.4 Å². The predicted molar refractivity (Wildman–Crippen MR) is 81.6 cm³/mol. The molecule has 0 spiro atoms. The van der Waals surface area contributed by atoms with E-state index in [1.54, 1.807) is 0 Å². The van der Waals surface area contributed by atoms with E-state index in [1.165, 1.54) is 18.9 Å². The van der Waals surface area contributed by atoms with Crippen LogP contribution in [0, 0.1) is 5.41 Å². The lowest BCUT2D eigenvalue weighted by Gasteiger charge is -2.45. The van der Waals surface area contributed by atoms with Crippen molar-refractivity contribution in [3.63, 3.8) is 0 Å². The molecule has 0 bridgehead atoms. The first kappa shape index (κ1) is 15.4. The van der Waals surface area contributed by atoms with E-state index in [4.69, 9.17) is 4.43 Å². The zero-order chi connectivity index (χ0) is 13.1. The van der Waals surface area contributed by atoms with Gasteiger partial charge in [-0.15, -0.1) is 0 Å². The summed E-state index contributed by atoms with van der Waals surface area (Å²) >= 11 is 0. The Morgan fingerprint density at radius 2 is 1.76 bits per heavy atom. The van der Waals surface area contributed by atoms with Crippen molar-refractivity contribution >= 4 is 17.8 Å². The Labute approximate surface area is 112 Å². The Balaban J connectivity index is 2.75. The van der Waals surface area contributed by atoms with Crippen molar-refractivity contribution in [2.45, 2.75) is 72.5 Å². The largest absolute Gasteiger partial charge is 0.425 e. The van der Waals surface area contributed by atoms with E-state index in [0.29, 0.717) is 5.41 Å². The van der Waals surface area contributed by atoms with E-state index < -0.39 is 8.48 Å². The standard InChI is InChI=1S/C13H31NOSi2/c1-7-11(3)14(12(4)8-2)17-10-13(5,6)9-15-16-17/h11-12,17H,7-10,16H2,1-6H3. The van der Waals surface area contributed by atoms with Gasteiger partial charge in [0, 0.05) is 6.61 Å². The van der Waals surface area contributed by atoms with Gasteiger partial charge in [-0.1, -0.05) is 41.5 Å². The van der Waals surface area contributed by atoms with Gasteiger partial charge >= 0.3 is 0 Å². The van der Waals surface area contributed by atoms with Crippen LogP contribution in [-0.2, 0) is 4.43 Å². The van der Waals surface area contributed by atoms with Crippen molar-refractivity contribution in [3.05, 3.63) is 0 Å². The molecule has 1 fully saturated rings. The molecule has 0 saturated carbocycles. The van der Waals surface area contributed by atoms with E-state index in [0.717, 1.165) is 18.7 Å². The molecule has 2 nitrogen and oxygen atoms in total. The topological polar surface area (TPSA) is 12.5 Å². The monoisotopic (exact) mass is 273 g/mol. The first-order chi connectivity index (χ1) is 7.91. The molecule has 1 aliphatic rings. The van der Waals surface area contributed by atoms with Crippen LogP contribution in [0.4, 0.5) is 0 Å². The van der Waals surface area contributed by atoms with Crippen LogP contribution in [-0.4, -0.2) is 41.0 Å². The molecule has 0 N–H and O–H groups in total. The Hall–Kier alpha value is 0.354. The van der Waals surface area contributed by atoms with Gasteiger partial charge in [-0.3, -0.25) is 0 Å². The molecule has 0 amide bonds. The van der Waals surface area contributed by atoms with Gasteiger partial charge in [0.1, 0.15) is 8.48 Å². The van der Waals surface area contributed by atoms with Gasteiger partial charge in [0.25, 0.3) is 0 Å². The average Bonchev–Trinajstić information content (AvgIpc) is 2.27. The molecule has 17 heavy (non-hydrogen) atoms. The number of nitrogens with zero attached hydrogens (tertiary/aromatic N) is 1. The van der Waals surface area contributed by atoms with Gasteiger partial charge in [0.2, 0.25) is 0 Å². The SMILES string of the molecule is CCC(C)N(C(C)CC)[SiH]1CC(C)(C)CO[SiH2]1. The van der Waals surface area contributed by atoms with E-state index in [2.05, 4.69) is 46.1 Å². The number of rotatable bonds is 5. The van der Waals surface area contributed by atoms with Crippen LogP contribution >= 0.6 is 0 Å². The molecular weight excluding hydrogens is 242 g/mol. The molecule has 3 atom stereocenters. The second-order valence-electron chi connectivity index (χ2n) is 6.50.